The van der Waals surface area contributed by atoms with Gasteiger partial charge in [0.1, 0.15) is 0 Å². The molecule has 3 heterocycles. The summed E-state index contributed by atoms with van der Waals surface area (Å²) >= 11 is 1.31. The van der Waals surface area contributed by atoms with Crippen LogP contribution in [0.15, 0.2) is 69.6 Å². The van der Waals surface area contributed by atoms with Crippen molar-refractivity contribution < 1.29 is 19.0 Å². The first kappa shape index (κ1) is 31.1. The number of hydrogen-bond donors (Lipinski definition) is 0. The summed E-state index contributed by atoms with van der Waals surface area (Å²) < 4.78 is 21.3. The Bertz CT molecular complexity index is 1930. The topological polar surface area (TPSA) is 84.1 Å². The van der Waals surface area contributed by atoms with E-state index in [9.17, 15) is 9.59 Å². The molecule has 1 aliphatic heterocycles. The van der Waals surface area contributed by atoms with E-state index in [0.717, 1.165) is 29.1 Å². The number of aromatic nitrogens is 2. The highest BCUT2D eigenvalue weighted by Crippen LogP contribution is 2.36. The average molecular weight is 614 g/mol. The van der Waals surface area contributed by atoms with E-state index >= 15 is 0 Å². The molecule has 0 saturated carbocycles. The smallest absolute Gasteiger partial charge is 0.338 e. The van der Waals surface area contributed by atoms with Crippen molar-refractivity contribution in [3.05, 3.63) is 108 Å². The van der Waals surface area contributed by atoms with Gasteiger partial charge in [-0.2, -0.15) is 0 Å². The van der Waals surface area contributed by atoms with E-state index in [1.54, 1.807) is 25.5 Å². The lowest BCUT2D eigenvalue weighted by molar-refractivity contribution is -0.139. The third-order valence-corrected chi connectivity index (χ3v) is 8.73. The highest BCUT2D eigenvalue weighted by atomic mass is 32.1. The van der Waals surface area contributed by atoms with Crippen molar-refractivity contribution in [2.45, 2.75) is 67.0 Å². The van der Waals surface area contributed by atoms with Gasteiger partial charge in [-0.15, -0.1) is 0 Å². The maximum absolute atomic E-state index is 14.2. The summed E-state index contributed by atoms with van der Waals surface area (Å²) in [5.74, 6) is 0.583. The van der Waals surface area contributed by atoms with Gasteiger partial charge >= 0.3 is 5.97 Å². The zero-order valence-electron chi connectivity index (χ0n) is 26.6. The van der Waals surface area contributed by atoms with E-state index in [2.05, 4.69) is 55.7 Å². The highest BCUT2D eigenvalue weighted by molar-refractivity contribution is 7.07. The second-order valence-corrected chi connectivity index (χ2v) is 12.1. The van der Waals surface area contributed by atoms with Crippen LogP contribution in [0.5, 0.6) is 11.5 Å². The molecule has 44 heavy (non-hydrogen) atoms. The van der Waals surface area contributed by atoms with Gasteiger partial charge in [-0.3, -0.25) is 9.36 Å². The predicted octanol–water partition coefficient (Wildman–Crippen LogP) is 5.56. The van der Waals surface area contributed by atoms with Crippen LogP contribution in [-0.2, 0) is 16.0 Å². The second kappa shape index (κ2) is 12.7. The lowest BCUT2D eigenvalue weighted by Gasteiger charge is -2.25. The molecule has 0 spiro atoms. The van der Waals surface area contributed by atoms with Gasteiger partial charge in [-0.05, 0) is 101 Å². The molecule has 230 valence electrons. The van der Waals surface area contributed by atoms with Crippen LogP contribution in [0.1, 0.15) is 68.7 Å². The molecule has 9 heteroatoms. The lowest BCUT2D eigenvalue weighted by Crippen LogP contribution is -2.40. The van der Waals surface area contributed by atoms with Crippen molar-refractivity contribution in [3.8, 4) is 17.2 Å². The van der Waals surface area contributed by atoms with E-state index in [4.69, 9.17) is 19.2 Å². The van der Waals surface area contributed by atoms with Gasteiger partial charge in [0.2, 0.25) is 0 Å². The number of fused-ring (bicyclic) bond motifs is 1. The molecule has 1 atom stereocenters. The van der Waals surface area contributed by atoms with Crippen molar-refractivity contribution >= 4 is 23.4 Å². The van der Waals surface area contributed by atoms with E-state index in [0.29, 0.717) is 37.7 Å². The summed E-state index contributed by atoms with van der Waals surface area (Å²) in [5, 5.41) is 0. The van der Waals surface area contributed by atoms with Crippen LogP contribution in [0, 0.1) is 13.8 Å². The van der Waals surface area contributed by atoms with Gasteiger partial charge < -0.3 is 18.8 Å². The number of carbonyl (C=O) groups excluding carboxylic acids is 1. The molecule has 5 rings (SSSR count). The van der Waals surface area contributed by atoms with Crippen molar-refractivity contribution in [2.75, 3.05) is 13.7 Å². The van der Waals surface area contributed by atoms with E-state index < -0.39 is 12.0 Å². The average Bonchev–Trinajstić information content (AvgIpc) is 3.45. The monoisotopic (exact) mass is 613 g/mol. The minimum absolute atomic E-state index is 0.0534. The standard InChI is InChI=1S/C35H39N3O5S/c1-9-24-11-14-27(15-12-24)37-21(5)17-26(23(37)7)19-30-33(39)38-32(25-13-16-28(43-20(3)4)29(18-25)41-8)31(34(40)42-10-2)22(6)36-35(38)44-30/h11-20,32H,9-10H2,1-8H3/b30-19-/t32-/m1/s1. The first-order chi connectivity index (χ1) is 21.1. The molecule has 0 unspecified atom stereocenters. The number of nitrogens with zero attached hydrogens (tertiary/aromatic N) is 3. The number of aryl methyl sites for hydroxylation is 2. The van der Waals surface area contributed by atoms with Crippen molar-refractivity contribution in [1.29, 1.82) is 0 Å². The first-order valence-electron chi connectivity index (χ1n) is 14.9. The molecule has 0 amide bonds. The second-order valence-electron chi connectivity index (χ2n) is 11.1. The van der Waals surface area contributed by atoms with E-state index in [1.165, 1.54) is 16.9 Å². The van der Waals surface area contributed by atoms with Gasteiger partial charge in [-0.25, -0.2) is 9.79 Å². The van der Waals surface area contributed by atoms with Crippen LogP contribution in [0.25, 0.3) is 11.8 Å². The first-order valence-corrected chi connectivity index (χ1v) is 15.7. The minimum atomic E-state index is -0.751. The SMILES string of the molecule is CCOC(=O)C1=C(C)N=c2s/c(=C\c3cc(C)n(-c4ccc(CC)cc4)c3C)c(=O)n2[C@@H]1c1ccc(OC(C)C)c(OC)c1. The molecule has 2 aromatic heterocycles. The number of esters is 1. The Morgan fingerprint density at radius 3 is 2.41 bits per heavy atom. The maximum atomic E-state index is 14.2. The highest BCUT2D eigenvalue weighted by Gasteiger charge is 2.34. The minimum Gasteiger partial charge on any atom is -0.493 e. The largest absolute Gasteiger partial charge is 0.493 e. The Hall–Kier alpha value is -4.37. The van der Waals surface area contributed by atoms with Crippen LogP contribution in [0.4, 0.5) is 0 Å². The zero-order valence-corrected chi connectivity index (χ0v) is 27.4. The number of methoxy groups -OCH3 is 1. The molecular weight excluding hydrogens is 574 g/mol. The Morgan fingerprint density at radius 1 is 1.05 bits per heavy atom. The molecule has 0 bridgehead atoms. The Kier molecular flexibility index (Phi) is 8.97. The molecule has 8 nitrogen and oxygen atoms in total. The van der Waals surface area contributed by atoms with Gasteiger partial charge in [0.25, 0.3) is 5.56 Å². The molecule has 0 aliphatic carbocycles. The Balaban J connectivity index is 1.67. The molecule has 1 aliphatic rings. The molecule has 0 saturated heterocycles. The number of ether oxygens (including phenoxy) is 3. The van der Waals surface area contributed by atoms with Crippen LogP contribution in [0.2, 0.25) is 0 Å². The summed E-state index contributed by atoms with van der Waals surface area (Å²) in [6.45, 7) is 13.9. The van der Waals surface area contributed by atoms with Crippen LogP contribution in [-0.4, -0.2) is 34.9 Å². The van der Waals surface area contributed by atoms with Crippen LogP contribution < -0.4 is 24.4 Å². The predicted molar refractivity (Wildman–Crippen MR) is 174 cm³/mol. The summed E-state index contributed by atoms with van der Waals surface area (Å²) in [5.41, 5.74) is 6.69. The molecule has 0 fully saturated rings. The third-order valence-electron chi connectivity index (χ3n) is 7.74. The number of rotatable bonds is 9. The number of thiazole rings is 1. The summed E-state index contributed by atoms with van der Waals surface area (Å²) in [6.07, 6.45) is 2.85. The number of hydrogen-bond acceptors (Lipinski definition) is 7. The zero-order chi connectivity index (χ0) is 31.7. The molecule has 0 N–H and O–H groups in total. The van der Waals surface area contributed by atoms with E-state index in [1.807, 2.05) is 38.1 Å². The Morgan fingerprint density at radius 2 is 1.77 bits per heavy atom. The normalized spacial score (nSPS) is 14.9. The third kappa shape index (κ3) is 5.76. The van der Waals surface area contributed by atoms with E-state index in [-0.39, 0.29) is 18.3 Å². The lowest BCUT2D eigenvalue weighted by atomic mass is 9.95. The fraction of sp³-hybridized carbons (Fsp3) is 0.343. The van der Waals surface area contributed by atoms with Crippen molar-refractivity contribution in [1.82, 2.24) is 9.13 Å². The van der Waals surface area contributed by atoms with Gasteiger partial charge in [-0.1, -0.05) is 36.5 Å². The summed E-state index contributed by atoms with van der Waals surface area (Å²) in [4.78, 5) is 32.7. The summed E-state index contributed by atoms with van der Waals surface area (Å²) in [7, 11) is 1.57. The van der Waals surface area contributed by atoms with Gasteiger partial charge in [0.15, 0.2) is 16.3 Å². The van der Waals surface area contributed by atoms with Gasteiger partial charge in [0, 0.05) is 17.1 Å². The van der Waals surface area contributed by atoms with Crippen LogP contribution in [0.3, 0.4) is 0 Å². The molecular formula is C35H39N3O5S. The number of allylic oxidation sites excluding steroid dienone is 1. The van der Waals surface area contributed by atoms with Gasteiger partial charge in [0.05, 0.1) is 41.7 Å². The molecule has 0 radical (unpaired) electrons. The van der Waals surface area contributed by atoms with Crippen molar-refractivity contribution in [2.24, 2.45) is 4.99 Å². The number of benzene rings is 2. The quantitative estimate of drug-likeness (QED) is 0.231. The molecule has 4 aromatic rings. The summed E-state index contributed by atoms with van der Waals surface area (Å²) in [6, 6.07) is 15.4. The fourth-order valence-corrected chi connectivity index (χ4v) is 6.70. The van der Waals surface area contributed by atoms with Crippen LogP contribution >= 0.6 is 11.3 Å². The number of carbonyl (C=O) groups is 1. The fourth-order valence-electron chi connectivity index (χ4n) is 5.67. The Labute approximate surface area is 261 Å². The molecule has 2 aromatic carbocycles. The van der Waals surface area contributed by atoms with Crippen molar-refractivity contribution in [3.63, 3.8) is 0 Å². The maximum Gasteiger partial charge on any atom is 0.338 e.